The van der Waals surface area contributed by atoms with Crippen LogP contribution in [-0.2, 0) is 14.8 Å². The summed E-state index contributed by atoms with van der Waals surface area (Å²) in [7, 11) is -3.76. The Morgan fingerprint density at radius 1 is 1.21 bits per heavy atom. The van der Waals surface area contributed by atoms with Gasteiger partial charge >= 0.3 is 0 Å². The average Bonchev–Trinajstić information content (AvgIpc) is 2.68. The Labute approximate surface area is 171 Å². The third kappa shape index (κ3) is 4.87. The lowest BCUT2D eigenvalue weighted by Gasteiger charge is -2.32. The van der Waals surface area contributed by atoms with Gasteiger partial charge < -0.3 is 10.2 Å². The Bertz CT molecular complexity index is 881. The van der Waals surface area contributed by atoms with E-state index in [-0.39, 0.29) is 28.4 Å². The van der Waals surface area contributed by atoms with Crippen molar-refractivity contribution in [3.8, 4) is 0 Å². The maximum absolute atomic E-state index is 13.0. The number of rotatable bonds is 5. The van der Waals surface area contributed by atoms with Crippen molar-refractivity contribution in [2.24, 2.45) is 5.92 Å². The maximum atomic E-state index is 13.0. The number of carbonyl (C=O) groups is 1. The molecule has 29 heavy (non-hydrogen) atoms. The van der Waals surface area contributed by atoms with Crippen LogP contribution in [0.2, 0.25) is 0 Å². The van der Waals surface area contributed by atoms with Gasteiger partial charge in [-0.1, -0.05) is 6.92 Å². The standard InChI is InChI=1S/C19H28N4O5S/c1-14-4-3-9-22(13-14)29(27,28)17-5-6-18(19(12-17)23(25)26)20-16-7-10-21(11-8-16)15(2)24/h5-6,12,14,16,20H,3-4,7-11,13H2,1-2H3. The van der Waals surface area contributed by atoms with Gasteiger partial charge in [-0.25, -0.2) is 8.42 Å². The molecule has 1 atom stereocenters. The van der Waals surface area contributed by atoms with Gasteiger partial charge in [0, 0.05) is 45.2 Å². The number of nitro groups is 1. The SMILES string of the molecule is CC(=O)N1CCC(Nc2ccc(S(=O)(=O)N3CCCC(C)C3)cc2[N+](=O)[O-])CC1. The summed E-state index contributed by atoms with van der Waals surface area (Å²) in [6.07, 6.45) is 3.14. The summed E-state index contributed by atoms with van der Waals surface area (Å²) in [5.74, 6) is 0.298. The van der Waals surface area contributed by atoms with Crippen molar-refractivity contribution in [1.29, 1.82) is 0 Å². The van der Waals surface area contributed by atoms with E-state index in [1.165, 1.54) is 23.4 Å². The van der Waals surface area contributed by atoms with Gasteiger partial charge in [-0.05, 0) is 43.7 Å². The summed E-state index contributed by atoms with van der Waals surface area (Å²) in [5, 5.41) is 14.8. The summed E-state index contributed by atoms with van der Waals surface area (Å²) in [6.45, 7) is 5.61. The summed E-state index contributed by atoms with van der Waals surface area (Å²) in [5.41, 5.74) is 0.0624. The zero-order chi connectivity index (χ0) is 21.2. The van der Waals surface area contributed by atoms with Gasteiger partial charge in [0.1, 0.15) is 5.69 Å². The van der Waals surface area contributed by atoms with E-state index in [0.29, 0.717) is 44.7 Å². The molecule has 0 saturated carbocycles. The average molecular weight is 425 g/mol. The number of likely N-dealkylation sites (tertiary alicyclic amines) is 1. The number of nitrogens with zero attached hydrogens (tertiary/aromatic N) is 3. The molecular weight excluding hydrogens is 396 g/mol. The number of carbonyl (C=O) groups excluding carboxylic acids is 1. The van der Waals surface area contributed by atoms with Crippen LogP contribution in [0.5, 0.6) is 0 Å². The van der Waals surface area contributed by atoms with Gasteiger partial charge in [-0.15, -0.1) is 0 Å². The van der Waals surface area contributed by atoms with Gasteiger partial charge in [-0.2, -0.15) is 4.31 Å². The molecule has 3 rings (SSSR count). The molecule has 1 amide bonds. The van der Waals surface area contributed by atoms with Crippen LogP contribution >= 0.6 is 0 Å². The number of anilines is 1. The second-order valence-electron chi connectivity index (χ2n) is 7.97. The van der Waals surface area contributed by atoms with Crippen molar-refractivity contribution in [3.05, 3.63) is 28.3 Å². The van der Waals surface area contributed by atoms with Crippen LogP contribution in [0, 0.1) is 16.0 Å². The van der Waals surface area contributed by atoms with Gasteiger partial charge in [-0.3, -0.25) is 14.9 Å². The molecule has 1 aromatic carbocycles. The van der Waals surface area contributed by atoms with Crippen LogP contribution in [0.4, 0.5) is 11.4 Å². The molecule has 0 bridgehead atoms. The third-order valence-corrected chi connectivity index (χ3v) is 7.58. The predicted molar refractivity (Wildman–Crippen MR) is 109 cm³/mol. The van der Waals surface area contributed by atoms with Gasteiger partial charge in [0.15, 0.2) is 0 Å². The Hall–Kier alpha value is -2.20. The Morgan fingerprint density at radius 2 is 1.90 bits per heavy atom. The van der Waals surface area contributed by atoms with Gasteiger partial charge in [0.2, 0.25) is 15.9 Å². The Balaban J connectivity index is 1.79. The number of hydrogen-bond donors (Lipinski definition) is 1. The smallest absolute Gasteiger partial charge is 0.293 e. The normalized spacial score (nSPS) is 21.7. The van der Waals surface area contributed by atoms with Crippen molar-refractivity contribution >= 4 is 27.3 Å². The van der Waals surface area contributed by atoms with E-state index in [0.717, 1.165) is 18.9 Å². The first-order valence-corrected chi connectivity index (χ1v) is 11.4. The molecule has 2 heterocycles. The molecule has 0 aromatic heterocycles. The lowest BCUT2D eigenvalue weighted by molar-refractivity contribution is -0.384. The van der Waals surface area contributed by atoms with E-state index >= 15 is 0 Å². The number of amides is 1. The highest BCUT2D eigenvalue weighted by Gasteiger charge is 2.31. The van der Waals surface area contributed by atoms with E-state index in [1.54, 1.807) is 4.90 Å². The fourth-order valence-electron chi connectivity index (χ4n) is 4.02. The summed E-state index contributed by atoms with van der Waals surface area (Å²) in [6, 6.07) is 4.07. The quantitative estimate of drug-likeness (QED) is 0.574. The number of nitro benzene ring substituents is 1. The molecule has 0 radical (unpaired) electrons. The van der Waals surface area contributed by atoms with E-state index in [2.05, 4.69) is 5.32 Å². The topological polar surface area (TPSA) is 113 Å². The lowest BCUT2D eigenvalue weighted by atomic mass is 10.0. The molecule has 160 valence electrons. The monoisotopic (exact) mass is 424 g/mol. The minimum atomic E-state index is -3.76. The number of sulfonamides is 1. The van der Waals surface area contributed by atoms with Crippen molar-refractivity contribution in [1.82, 2.24) is 9.21 Å². The fourth-order valence-corrected chi connectivity index (χ4v) is 5.64. The summed E-state index contributed by atoms with van der Waals surface area (Å²) in [4.78, 5) is 24.2. The zero-order valence-corrected chi connectivity index (χ0v) is 17.7. The molecule has 0 aliphatic carbocycles. The molecule has 2 aliphatic heterocycles. The summed E-state index contributed by atoms with van der Waals surface area (Å²) >= 11 is 0. The van der Waals surface area contributed by atoms with Crippen LogP contribution in [-0.4, -0.2) is 60.7 Å². The van der Waals surface area contributed by atoms with Crippen LogP contribution in [0.15, 0.2) is 23.1 Å². The number of nitrogens with one attached hydrogen (secondary N) is 1. The van der Waals surface area contributed by atoms with Crippen LogP contribution < -0.4 is 5.32 Å². The summed E-state index contributed by atoms with van der Waals surface area (Å²) < 4.78 is 27.3. The third-order valence-electron chi connectivity index (χ3n) is 5.72. The molecule has 1 N–H and O–H groups in total. The molecule has 1 unspecified atom stereocenters. The lowest BCUT2D eigenvalue weighted by Crippen LogP contribution is -2.41. The van der Waals surface area contributed by atoms with E-state index in [9.17, 15) is 23.3 Å². The molecule has 2 saturated heterocycles. The fraction of sp³-hybridized carbons (Fsp3) is 0.632. The number of piperidine rings is 2. The van der Waals surface area contributed by atoms with Crippen molar-refractivity contribution in [2.75, 3.05) is 31.5 Å². The van der Waals surface area contributed by atoms with Gasteiger partial charge in [0.25, 0.3) is 5.69 Å². The zero-order valence-electron chi connectivity index (χ0n) is 16.8. The highest BCUT2D eigenvalue weighted by atomic mass is 32.2. The van der Waals surface area contributed by atoms with Crippen molar-refractivity contribution in [2.45, 2.75) is 50.5 Å². The Morgan fingerprint density at radius 3 is 2.48 bits per heavy atom. The van der Waals surface area contributed by atoms with Crippen LogP contribution in [0.25, 0.3) is 0 Å². The van der Waals surface area contributed by atoms with E-state index < -0.39 is 14.9 Å². The second kappa shape index (κ2) is 8.66. The molecule has 0 spiro atoms. The van der Waals surface area contributed by atoms with Crippen molar-refractivity contribution in [3.63, 3.8) is 0 Å². The number of benzene rings is 1. The van der Waals surface area contributed by atoms with E-state index in [4.69, 9.17) is 0 Å². The Kier molecular flexibility index (Phi) is 6.42. The van der Waals surface area contributed by atoms with Gasteiger partial charge in [0.05, 0.1) is 9.82 Å². The minimum Gasteiger partial charge on any atom is -0.377 e. The first kappa shape index (κ1) is 21.5. The van der Waals surface area contributed by atoms with E-state index in [1.807, 2.05) is 6.92 Å². The highest BCUT2D eigenvalue weighted by Crippen LogP contribution is 2.32. The first-order chi connectivity index (χ1) is 13.7. The van der Waals surface area contributed by atoms with Crippen LogP contribution in [0.1, 0.15) is 39.5 Å². The molecular formula is C19H28N4O5S. The minimum absolute atomic E-state index is 0.00491. The molecule has 2 aliphatic rings. The highest BCUT2D eigenvalue weighted by molar-refractivity contribution is 7.89. The predicted octanol–water partition coefficient (Wildman–Crippen LogP) is 2.44. The van der Waals surface area contributed by atoms with Crippen molar-refractivity contribution < 1.29 is 18.1 Å². The molecule has 1 aromatic rings. The van der Waals surface area contributed by atoms with Crippen LogP contribution in [0.3, 0.4) is 0 Å². The molecule has 2 fully saturated rings. The largest absolute Gasteiger partial charge is 0.377 e. The second-order valence-corrected chi connectivity index (χ2v) is 9.91. The molecule has 9 nitrogen and oxygen atoms in total. The number of hydrogen-bond acceptors (Lipinski definition) is 6. The molecule has 10 heteroatoms. The maximum Gasteiger partial charge on any atom is 0.293 e. The first-order valence-electron chi connectivity index (χ1n) is 9.99.